The van der Waals surface area contributed by atoms with Crippen LogP contribution in [0.25, 0.3) is 21.5 Å². The predicted molar refractivity (Wildman–Crippen MR) is 88.6 cm³/mol. The number of rotatable bonds is 2. The van der Waals surface area contributed by atoms with Crippen molar-refractivity contribution in [3.8, 4) is 5.75 Å². The van der Waals surface area contributed by atoms with Crippen LogP contribution in [0.1, 0.15) is 18.1 Å². The Morgan fingerprint density at radius 3 is 2.50 bits per heavy atom. The minimum atomic E-state index is -0.666. The van der Waals surface area contributed by atoms with Gasteiger partial charge in [0.2, 0.25) is 0 Å². The van der Waals surface area contributed by atoms with Crippen LogP contribution in [-0.2, 0) is 4.74 Å². The molecule has 0 aliphatic rings. The van der Waals surface area contributed by atoms with Gasteiger partial charge in [-0.3, -0.25) is 0 Å². The lowest BCUT2D eigenvalue weighted by Gasteiger charge is -2.14. The van der Waals surface area contributed by atoms with E-state index in [0.29, 0.717) is 12.4 Å². The van der Waals surface area contributed by atoms with E-state index in [4.69, 9.17) is 9.47 Å². The maximum absolute atomic E-state index is 11.9. The molecule has 0 bridgehead atoms. The van der Waals surface area contributed by atoms with Crippen LogP contribution in [-0.4, -0.2) is 12.8 Å². The van der Waals surface area contributed by atoms with E-state index in [1.165, 1.54) is 0 Å². The molecule has 3 rings (SSSR count). The molecular formula is C19H18O3. The fourth-order valence-corrected chi connectivity index (χ4v) is 2.82. The molecule has 0 heterocycles. The van der Waals surface area contributed by atoms with Crippen molar-refractivity contribution in [2.24, 2.45) is 0 Å². The average molecular weight is 294 g/mol. The number of fused-ring (bicyclic) bond motifs is 2. The van der Waals surface area contributed by atoms with Crippen molar-refractivity contribution in [1.29, 1.82) is 0 Å². The summed E-state index contributed by atoms with van der Waals surface area (Å²) in [6.07, 6.45) is -0.666. The van der Waals surface area contributed by atoms with Crippen LogP contribution < -0.4 is 4.74 Å². The molecule has 3 aromatic carbocycles. The second kappa shape index (κ2) is 5.68. The molecule has 0 unspecified atom stereocenters. The Bertz CT molecular complexity index is 865. The molecule has 3 heteroatoms. The molecule has 112 valence electrons. The second-order valence-corrected chi connectivity index (χ2v) is 5.33. The summed E-state index contributed by atoms with van der Waals surface area (Å²) >= 11 is 0. The zero-order chi connectivity index (χ0) is 15.7. The largest absolute Gasteiger partial charge is 0.513 e. The Hall–Kier alpha value is -2.55. The van der Waals surface area contributed by atoms with Crippen molar-refractivity contribution in [2.75, 3.05) is 6.61 Å². The van der Waals surface area contributed by atoms with E-state index in [1.54, 1.807) is 6.92 Å². The maximum atomic E-state index is 11.9. The van der Waals surface area contributed by atoms with Gasteiger partial charge >= 0.3 is 6.16 Å². The molecule has 0 spiro atoms. The first-order chi connectivity index (χ1) is 10.6. The van der Waals surface area contributed by atoms with E-state index in [-0.39, 0.29) is 0 Å². The predicted octanol–water partition coefficient (Wildman–Crippen LogP) is 5.15. The lowest BCUT2D eigenvalue weighted by atomic mass is 9.96. The monoisotopic (exact) mass is 294 g/mol. The lowest BCUT2D eigenvalue weighted by molar-refractivity contribution is 0.105. The molecule has 0 atom stereocenters. The second-order valence-electron chi connectivity index (χ2n) is 5.33. The fourth-order valence-electron chi connectivity index (χ4n) is 2.82. The van der Waals surface area contributed by atoms with Gasteiger partial charge in [-0.05, 0) is 48.7 Å². The van der Waals surface area contributed by atoms with Crippen molar-refractivity contribution in [3.05, 3.63) is 53.6 Å². The number of aryl methyl sites for hydroxylation is 2. The number of hydrogen-bond acceptors (Lipinski definition) is 3. The highest BCUT2D eigenvalue weighted by atomic mass is 16.7. The van der Waals surface area contributed by atoms with Crippen molar-refractivity contribution < 1.29 is 14.3 Å². The van der Waals surface area contributed by atoms with Crippen LogP contribution >= 0.6 is 0 Å². The summed E-state index contributed by atoms with van der Waals surface area (Å²) in [7, 11) is 0. The van der Waals surface area contributed by atoms with Crippen molar-refractivity contribution in [2.45, 2.75) is 20.8 Å². The van der Waals surface area contributed by atoms with E-state index >= 15 is 0 Å². The number of ether oxygens (including phenoxy) is 2. The quantitative estimate of drug-likeness (QED) is 0.373. The molecule has 0 aliphatic heterocycles. The van der Waals surface area contributed by atoms with Crippen molar-refractivity contribution in [3.63, 3.8) is 0 Å². The van der Waals surface area contributed by atoms with Crippen LogP contribution in [0, 0.1) is 13.8 Å². The standard InChI is InChI=1S/C19H18O3/c1-4-21-19(20)22-18-15-10-6-7-12(2)16(15)11-14-9-5-8-13(3)17(14)18/h5-11H,4H2,1-3H3. The SMILES string of the molecule is CCOC(=O)Oc1c2cccc(C)c2cc2cccc(C)c12. The van der Waals surface area contributed by atoms with Gasteiger partial charge in [0.05, 0.1) is 6.61 Å². The van der Waals surface area contributed by atoms with Crippen LogP contribution in [0.2, 0.25) is 0 Å². The van der Waals surface area contributed by atoms with Crippen LogP contribution in [0.5, 0.6) is 5.75 Å². The molecule has 0 amide bonds. The Morgan fingerprint density at radius 1 is 1.00 bits per heavy atom. The van der Waals surface area contributed by atoms with Crippen LogP contribution in [0.3, 0.4) is 0 Å². The highest BCUT2D eigenvalue weighted by Crippen LogP contribution is 2.38. The van der Waals surface area contributed by atoms with Gasteiger partial charge in [-0.25, -0.2) is 4.79 Å². The van der Waals surface area contributed by atoms with Crippen molar-refractivity contribution in [1.82, 2.24) is 0 Å². The first kappa shape index (κ1) is 14.4. The molecule has 3 nitrogen and oxygen atoms in total. The number of carbonyl (C=O) groups excluding carboxylic acids is 1. The topological polar surface area (TPSA) is 35.5 Å². The smallest absolute Gasteiger partial charge is 0.434 e. The summed E-state index contributed by atoms with van der Waals surface area (Å²) in [6.45, 7) is 6.12. The molecule has 0 aromatic heterocycles. The third kappa shape index (κ3) is 2.39. The summed E-state index contributed by atoms with van der Waals surface area (Å²) in [5.74, 6) is 0.577. The molecule has 0 aliphatic carbocycles. The van der Waals surface area contributed by atoms with E-state index in [0.717, 1.165) is 32.7 Å². The highest BCUT2D eigenvalue weighted by molar-refractivity contribution is 6.08. The van der Waals surface area contributed by atoms with Crippen molar-refractivity contribution >= 4 is 27.7 Å². The summed E-state index contributed by atoms with van der Waals surface area (Å²) in [5.41, 5.74) is 2.22. The molecule has 0 radical (unpaired) electrons. The van der Waals surface area contributed by atoms with E-state index in [2.05, 4.69) is 19.1 Å². The van der Waals surface area contributed by atoms with Gasteiger partial charge in [0.25, 0.3) is 0 Å². The van der Waals surface area contributed by atoms with E-state index in [1.807, 2.05) is 37.3 Å². The Labute approximate surface area is 129 Å². The molecule has 22 heavy (non-hydrogen) atoms. The molecule has 0 saturated carbocycles. The maximum Gasteiger partial charge on any atom is 0.513 e. The molecule has 0 N–H and O–H groups in total. The van der Waals surface area contributed by atoms with Gasteiger partial charge < -0.3 is 9.47 Å². The minimum absolute atomic E-state index is 0.291. The summed E-state index contributed by atoms with van der Waals surface area (Å²) in [6, 6.07) is 14.2. The van der Waals surface area contributed by atoms with E-state index < -0.39 is 6.16 Å². The van der Waals surface area contributed by atoms with Gasteiger partial charge in [-0.15, -0.1) is 0 Å². The summed E-state index contributed by atoms with van der Waals surface area (Å²) in [4.78, 5) is 11.9. The Kier molecular flexibility index (Phi) is 3.72. The third-order valence-corrected chi connectivity index (χ3v) is 3.85. The summed E-state index contributed by atoms with van der Waals surface area (Å²) in [5, 5.41) is 4.02. The molecular weight excluding hydrogens is 276 g/mol. The zero-order valence-corrected chi connectivity index (χ0v) is 13.0. The normalized spacial score (nSPS) is 10.9. The lowest BCUT2D eigenvalue weighted by Crippen LogP contribution is -2.11. The zero-order valence-electron chi connectivity index (χ0n) is 13.0. The van der Waals surface area contributed by atoms with Crippen LogP contribution in [0.4, 0.5) is 4.79 Å². The molecule has 3 aromatic rings. The van der Waals surface area contributed by atoms with Gasteiger partial charge in [-0.1, -0.05) is 36.4 Å². The van der Waals surface area contributed by atoms with Crippen LogP contribution in [0.15, 0.2) is 42.5 Å². The third-order valence-electron chi connectivity index (χ3n) is 3.85. The first-order valence-corrected chi connectivity index (χ1v) is 7.38. The van der Waals surface area contributed by atoms with Gasteiger partial charge in [0, 0.05) is 10.8 Å². The Balaban J connectivity index is 2.36. The minimum Gasteiger partial charge on any atom is -0.434 e. The van der Waals surface area contributed by atoms with Gasteiger partial charge in [0.1, 0.15) is 5.75 Å². The fraction of sp³-hybridized carbons (Fsp3) is 0.211. The van der Waals surface area contributed by atoms with Gasteiger partial charge in [-0.2, -0.15) is 0 Å². The highest BCUT2D eigenvalue weighted by Gasteiger charge is 2.15. The average Bonchev–Trinajstić information content (AvgIpc) is 2.48. The summed E-state index contributed by atoms with van der Waals surface area (Å²) < 4.78 is 10.5. The number of hydrogen-bond donors (Lipinski definition) is 0. The number of benzene rings is 3. The van der Waals surface area contributed by atoms with E-state index in [9.17, 15) is 4.79 Å². The number of carbonyl (C=O) groups is 1. The molecule has 0 fully saturated rings. The first-order valence-electron chi connectivity index (χ1n) is 7.38. The Morgan fingerprint density at radius 2 is 1.73 bits per heavy atom. The molecule has 0 saturated heterocycles. The van der Waals surface area contributed by atoms with Gasteiger partial charge in [0.15, 0.2) is 0 Å².